The first-order valence-electron chi connectivity index (χ1n) is 6.22. The summed E-state index contributed by atoms with van der Waals surface area (Å²) in [6.07, 6.45) is 1.02. The summed E-state index contributed by atoms with van der Waals surface area (Å²) in [4.78, 5) is 0. The van der Waals surface area contributed by atoms with E-state index in [1.165, 1.54) is 2.88 Å². The van der Waals surface area contributed by atoms with Crippen molar-refractivity contribution in [3.8, 4) is 0 Å². The van der Waals surface area contributed by atoms with Gasteiger partial charge >= 0.3 is 0 Å². The van der Waals surface area contributed by atoms with Crippen LogP contribution in [0.2, 0.25) is 0 Å². The normalized spacial score (nSPS) is 12.9. The fraction of sp³-hybridized carbons (Fsp3) is 0.462. The molecule has 1 N–H and O–H groups in total. The molecule has 2 aromatic rings. The molecule has 0 aliphatic carbocycles. The lowest BCUT2D eigenvalue weighted by Gasteiger charge is -2.11. The van der Waals surface area contributed by atoms with E-state index in [9.17, 15) is 5.11 Å². The van der Waals surface area contributed by atoms with E-state index in [1.54, 1.807) is 11.3 Å². The lowest BCUT2D eigenvalue weighted by atomic mass is 10.1. The lowest BCUT2D eigenvalue weighted by Crippen LogP contribution is -2.08. The van der Waals surface area contributed by atoms with Crippen LogP contribution in [0.15, 0.2) is 15.9 Å². The van der Waals surface area contributed by atoms with Crippen LogP contribution in [-0.4, -0.2) is 14.9 Å². The minimum atomic E-state index is -0.470. The standard InChI is InChI=1S/C13H16BrIN2OS/c1-3-9-13(14)10(17(4-2)16-9)6-11(18)8-5-12(15)19-7-8/h5,7,11,18H,3-4,6H2,1-2H3. The molecule has 0 amide bonds. The van der Waals surface area contributed by atoms with Crippen molar-refractivity contribution in [2.24, 2.45) is 0 Å². The maximum atomic E-state index is 10.4. The van der Waals surface area contributed by atoms with Crippen molar-refractivity contribution in [2.75, 3.05) is 0 Å². The van der Waals surface area contributed by atoms with Crippen molar-refractivity contribution < 1.29 is 5.11 Å². The molecule has 0 saturated heterocycles. The van der Waals surface area contributed by atoms with Gasteiger partial charge in [0.05, 0.1) is 24.8 Å². The van der Waals surface area contributed by atoms with Gasteiger partial charge in [0, 0.05) is 13.0 Å². The van der Waals surface area contributed by atoms with Crippen molar-refractivity contribution in [2.45, 2.75) is 39.3 Å². The molecule has 0 aliphatic rings. The van der Waals surface area contributed by atoms with E-state index in [0.717, 1.165) is 34.4 Å². The first-order chi connectivity index (χ1) is 9.06. The number of halogens is 2. The zero-order chi connectivity index (χ0) is 14.0. The van der Waals surface area contributed by atoms with Gasteiger partial charge in [-0.15, -0.1) is 11.3 Å². The predicted molar refractivity (Wildman–Crippen MR) is 90.7 cm³/mol. The van der Waals surface area contributed by atoms with E-state index >= 15 is 0 Å². The number of nitrogens with zero attached hydrogens (tertiary/aromatic N) is 2. The summed E-state index contributed by atoms with van der Waals surface area (Å²) in [5.74, 6) is 0. The molecule has 0 aromatic carbocycles. The smallest absolute Gasteiger partial charge is 0.0854 e. The first-order valence-corrected chi connectivity index (χ1v) is 8.98. The van der Waals surface area contributed by atoms with Crippen LogP contribution < -0.4 is 0 Å². The highest BCUT2D eigenvalue weighted by atomic mass is 127. The molecule has 2 aromatic heterocycles. The van der Waals surface area contributed by atoms with E-state index in [1.807, 2.05) is 16.1 Å². The fourth-order valence-corrected chi connectivity index (χ4v) is 4.16. The molecule has 3 nitrogen and oxygen atoms in total. The van der Waals surface area contributed by atoms with Crippen LogP contribution >= 0.6 is 49.9 Å². The van der Waals surface area contributed by atoms with Crippen LogP contribution in [0.3, 0.4) is 0 Å². The molecule has 0 bridgehead atoms. The van der Waals surface area contributed by atoms with Crippen LogP contribution in [0.25, 0.3) is 0 Å². The number of aryl methyl sites for hydroxylation is 2. The van der Waals surface area contributed by atoms with Crippen molar-refractivity contribution in [1.82, 2.24) is 9.78 Å². The summed E-state index contributed by atoms with van der Waals surface area (Å²) >= 11 is 7.55. The van der Waals surface area contributed by atoms with Crippen LogP contribution in [0.1, 0.15) is 36.9 Å². The quantitative estimate of drug-likeness (QED) is 0.688. The minimum Gasteiger partial charge on any atom is -0.388 e. The zero-order valence-electron chi connectivity index (χ0n) is 10.9. The summed E-state index contributed by atoms with van der Waals surface area (Å²) in [5.41, 5.74) is 3.13. The highest BCUT2D eigenvalue weighted by Crippen LogP contribution is 2.29. The number of hydrogen-bond donors (Lipinski definition) is 1. The number of hydrogen-bond acceptors (Lipinski definition) is 3. The second kappa shape index (κ2) is 6.69. The molecule has 0 spiro atoms. The number of thiophene rings is 1. The van der Waals surface area contributed by atoms with Gasteiger partial charge in [0.2, 0.25) is 0 Å². The van der Waals surface area contributed by atoms with Crippen LogP contribution in [-0.2, 0) is 19.4 Å². The topological polar surface area (TPSA) is 38.0 Å². The Morgan fingerprint density at radius 1 is 1.53 bits per heavy atom. The van der Waals surface area contributed by atoms with Gasteiger partial charge in [-0.2, -0.15) is 5.10 Å². The molecule has 0 saturated carbocycles. The Bertz CT molecular complexity index is 567. The molecule has 0 aliphatic heterocycles. The molecular formula is C13H16BrIN2OS. The number of aromatic nitrogens is 2. The highest BCUT2D eigenvalue weighted by molar-refractivity contribution is 14.1. The lowest BCUT2D eigenvalue weighted by molar-refractivity contribution is 0.175. The average molecular weight is 455 g/mol. The molecule has 0 fully saturated rings. The summed E-state index contributed by atoms with van der Waals surface area (Å²) in [6, 6.07) is 2.04. The fourth-order valence-electron chi connectivity index (χ4n) is 2.01. The van der Waals surface area contributed by atoms with Gasteiger partial charge < -0.3 is 5.11 Å². The Morgan fingerprint density at radius 2 is 2.26 bits per heavy atom. The Morgan fingerprint density at radius 3 is 2.79 bits per heavy atom. The van der Waals surface area contributed by atoms with Crippen molar-refractivity contribution in [1.29, 1.82) is 0 Å². The molecule has 1 atom stereocenters. The molecule has 2 heterocycles. The summed E-state index contributed by atoms with van der Waals surface area (Å²) in [6.45, 7) is 4.98. The second-order valence-electron chi connectivity index (χ2n) is 4.28. The van der Waals surface area contributed by atoms with Gasteiger partial charge in [0.25, 0.3) is 0 Å². The van der Waals surface area contributed by atoms with E-state index < -0.39 is 6.10 Å². The third kappa shape index (κ3) is 3.40. The Balaban J connectivity index is 2.25. The minimum absolute atomic E-state index is 0.470. The predicted octanol–water partition coefficient (Wildman–Crippen LogP) is 4.17. The van der Waals surface area contributed by atoms with Crippen molar-refractivity contribution in [3.63, 3.8) is 0 Å². The third-order valence-corrected chi connectivity index (χ3v) is 5.78. The highest BCUT2D eigenvalue weighted by Gasteiger charge is 2.18. The van der Waals surface area contributed by atoms with Gasteiger partial charge in [-0.05, 0) is 68.9 Å². The van der Waals surface area contributed by atoms with Gasteiger partial charge in [-0.3, -0.25) is 4.68 Å². The van der Waals surface area contributed by atoms with E-state index in [4.69, 9.17) is 0 Å². The van der Waals surface area contributed by atoms with E-state index in [0.29, 0.717) is 6.42 Å². The van der Waals surface area contributed by atoms with Gasteiger partial charge in [-0.1, -0.05) is 6.92 Å². The maximum Gasteiger partial charge on any atom is 0.0854 e. The summed E-state index contributed by atoms with van der Waals surface area (Å²) in [5, 5.41) is 16.9. The molecular weight excluding hydrogens is 439 g/mol. The second-order valence-corrected chi connectivity index (χ2v) is 7.88. The SMILES string of the molecule is CCc1nn(CC)c(CC(O)c2csc(I)c2)c1Br. The Kier molecular flexibility index (Phi) is 5.45. The Labute approximate surface area is 139 Å². The van der Waals surface area contributed by atoms with Crippen molar-refractivity contribution in [3.05, 3.63) is 35.8 Å². The van der Waals surface area contributed by atoms with Crippen LogP contribution in [0.4, 0.5) is 0 Å². The van der Waals surface area contributed by atoms with Crippen LogP contribution in [0.5, 0.6) is 0 Å². The summed E-state index contributed by atoms with van der Waals surface area (Å²) < 4.78 is 4.22. The van der Waals surface area contributed by atoms with Gasteiger partial charge in [0.1, 0.15) is 0 Å². The largest absolute Gasteiger partial charge is 0.388 e. The van der Waals surface area contributed by atoms with E-state index in [-0.39, 0.29) is 0 Å². The van der Waals surface area contributed by atoms with Gasteiger partial charge in [0.15, 0.2) is 0 Å². The average Bonchev–Trinajstić information content (AvgIpc) is 2.95. The number of aliphatic hydroxyl groups excluding tert-OH is 1. The third-order valence-electron chi connectivity index (χ3n) is 3.05. The molecule has 6 heteroatoms. The van der Waals surface area contributed by atoms with E-state index in [2.05, 4.69) is 57.5 Å². The monoisotopic (exact) mass is 454 g/mol. The molecule has 19 heavy (non-hydrogen) atoms. The van der Waals surface area contributed by atoms with Gasteiger partial charge in [-0.25, -0.2) is 0 Å². The molecule has 2 rings (SSSR count). The molecule has 0 radical (unpaired) electrons. The number of aliphatic hydroxyl groups is 1. The first kappa shape index (κ1) is 15.5. The maximum absolute atomic E-state index is 10.4. The Hall–Kier alpha value is 0.0800. The summed E-state index contributed by atoms with van der Waals surface area (Å²) in [7, 11) is 0. The van der Waals surface area contributed by atoms with Crippen LogP contribution in [0, 0.1) is 2.88 Å². The molecule has 1 unspecified atom stereocenters. The zero-order valence-corrected chi connectivity index (χ0v) is 15.4. The van der Waals surface area contributed by atoms with Crippen molar-refractivity contribution >= 4 is 49.9 Å². The number of rotatable bonds is 5. The molecule has 104 valence electrons.